The lowest BCUT2D eigenvalue weighted by atomic mass is 10.1. The molecule has 2 fully saturated rings. The SMILES string of the molecule is COc1ccc(S(=O)(=O)N2CCOCC2)cc1C(=O)N1CCN(C(=O)OC(C)(C)C)CC1. The monoisotopic (exact) mass is 469 g/mol. The van der Waals surface area contributed by atoms with Crippen molar-refractivity contribution in [1.82, 2.24) is 14.1 Å². The maximum Gasteiger partial charge on any atom is 0.410 e. The number of carbonyl (C=O) groups excluding carboxylic acids is 2. The molecule has 0 radical (unpaired) electrons. The van der Waals surface area contributed by atoms with Crippen LogP contribution in [0.25, 0.3) is 0 Å². The van der Waals surface area contributed by atoms with Gasteiger partial charge in [0, 0.05) is 39.3 Å². The number of morpholine rings is 1. The van der Waals surface area contributed by atoms with E-state index in [1.807, 2.05) is 0 Å². The van der Waals surface area contributed by atoms with Crippen LogP contribution in [-0.4, -0.2) is 99.7 Å². The Morgan fingerprint density at radius 2 is 1.56 bits per heavy atom. The average molecular weight is 470 g/mol. The average Bonchev–Trinajstić information content (AvgIpc) is 2.77. The molecule has 0 saturated carbocycles. The number of piperazine rings is 1. The maximum atomic E-state index is 13.2. The first kappa shape index (κ1) is 24.3. The second kappa shape index (κ2) is 9.63. The Morgan fingerprint density at radius 3 is 2.12 bits per heavy atom. The molecule has 0 unspecified atom stereocenters. The highest BCUT2D eigenvalue weighted by atomic mass is 32.2. The molecule has 0 aromatic heterocycles. The summed E-state index contributed by atoms with van der Waals surface area (Å²) in [5, 5.41) is 0. The van der Waals surface area contributed by atoms with Crippen molar-refractivity contribution in [1.29, 1.82) is 0 Å². The van der Waals surface area contributed by atoms with Gasteiger partial charge in [0.2, 0.25) is 10.0 Å². The Kier molecular flexibility index (Phi) is 7.31. The summed E-state index contributed by atoms with van der Waals surface area (Å²) < 4.78 is 43.3. The number of carbonyl (C=O) groups is 2. The van der Waals surface area contributed by atoms with Gasteiger partial charge in [-0.1, -0.05) is 0 Å². The molecule has 10 nitrogen and oxygen atoms in total. The summed E-state index contributed by atoms with van der Waals surface area (Å²) in [6, 6.07) is 4.31. The first-order valence-corrected chi connectivity index (χ1v) is 12.0. The number of hydrogen-bond donors (Lipinski definition) is 0. The highest BCUT2D eigenvalue weighted by Crippen LogP contribution is 2.27. The van der Waals surface area contributed by atoms with E-state index in [0.717, 1.165) is 0 Å². The molecule has 32 heavy (non-hydrogen) atoms. The summed E-state index contributed by atoms with van der Waals surface area (Å²) in [5.74, 6) is -0.0461. The second-order valence-electron chi connectivity index (χ2n) is 8.64. The van der Waals surface area contributed by atoms with Crippen LogP contribution in [0.3, 0.4) is 0 Å². The predicted molar refractivity (Wildman–Crippen MR) is 116 cm³/mol. The Morgan fingerprint density at radius 1 is 0.969 bits per heavy atom. The second-order valence-corrected chi connectivity index (χ2v) is 10.6. The Labute approximate surface area is 189 Å². The largest absolute Gasteiger partial charge is 0.496 e. The van der Waals surface area contributed by atoms with E-state index in [9.17, 15) is 18.0 Å². The van der Waals surface area contributed by atoms with E-state index in [-0.39, 0.29) is 29.5 Å². The minimum absolute atomic E-state index is 0.0379. The van der Waals surface area contributed by atoms with E-state index in [2.05, 4.69) is 0 Å². The van der Waals surface area contributed by atoms with E-state index >= 15 is 0 Å². The lowest BCUT2D eigenvalue weighted by Gasteiger charge is -2.35. The van der Waals surface area contributed by atoms with Crippen LogP contribution >= 0.6 is 0 Å². The third-order valence-electron chi connectivity index (χ3n) is 5.23. The number of hydrogen-bond acceptors (Lipinski definition) is 7. The van der Waals surface area contributed by atoms with Crippen molar-refractivity contribution in [2.24, 2.45) is 0 Å². The molecule has 0 spiro atoms. The molecule has 178 valence electrons. The molecule has 2 heterocycles. The Balaban J connectivity index is 1.75. The van der Waals surface area contributed by atoms with Crippen molar-refractivity contribution in [3.05, 3.63) is 23.8 Å². The highest BCUT2D eigenvalue weighted by Gasteiger charge is 2.31. The molecule has 1 aromatic carbocycles. The Bertz CT molecular complexity index is 945. The van der Waals surface area contributed by atoms with Crippen molar-refractivity contribution in [2.75, 3.05) is 59.6 Å². The van der Waals surface area contributed by atoms with Crippen LogP contribution in [0.1, 0.15) is 31.1 Å². The van der Waals surface area contributed by atoms with Gasteiger partial charge in [-0.2, -0.15) is 4.31 Å². The van der Waals surface area contributed by atoms with Crippen molar-refractivity contribution in [3.8, 4) is 5.75 Å². The molecule has 2 aliphatic rings. The zero-order chi connectivity index (χ0) is 23.5. The van der Waals surface area contributed by atoms with Crippen molar-refractivity contribution >= 4 is 22.0 Å². The van der Waals surface area contributed by atoms with Gasteiger partial charge in [0.25, 0.3) is 5.91 Å². The smallest absolute Gasteiger partial charge is 0.410 e. The lowest BCUT2D eigenvalue weighted by Crippen LogP contribution is -2.51. The van der Waals surface area contributed by atoms with Gasteiger partial charge in [-0.25, -0.2) is 13.2 Å². The highest BCUT2D eigenvalue weighted by molar-refractivity contribution is 7.89. The summed E-state index contributed by atoms with van der Waals surface area (Å²) in [5.41, 5.74) is -0.420. The van der Waals surface area contributed by atoms with Gasteiger partial charge in [0.1, 0.15) is 11.4 Å². The first-order valence-electron chi connectivity index (χ1n) is 10.6. The van der Waals surface area contributed by atoms with E-state index in [4.69, 9.17) is 14.2 Å². The number of amides is 2. The third kappa shape index (κ3) is 5.51. The van der Waals surface area contributed by atoms with Crippen LogP contribution in [0.4, 0.5) is 4.79 Å². The normalized spacial score (nSPS) is 18.4. The van der Waals surface area contributed by atoms with Crippen molar-refractivity contribution in [3.63, 3.8) is 0 Å². The molecule has 2 amide bonds. The molecule has 1 aromatic rings. The summed E-state index contributed by atoms with van der Waals surface area (Å²) >= 11 is 0. The third-order valence-corrected chi connectivity index (χ3v) is 7.12. The number of nitrogens with zero attached hydrogens (tertiary/aromatic N) is 3. The molecule has 2 aliphatic heterocycles. The van der Waals surface area contributed by atoms with Gasteiger partial charge in [0.05, 0.1) is 30.8 Å². The summed E-state index contributed by atoms with van der Waals surface area (Å²) in [7, 11) is -2.32. The Hall–Kier alpha value is -2.37. The fraction of sp³-hybridized carbons (Fsp3) is 0.619. The molecule has 0 aliphatic carbocycles. The van der Waals surface area contributed by atoms with Gasteiger partial charge >= 0.3 is 6.09 Å². The standard InChI is InChI=1S/C21H31N3O7S/c1-21(2,3)31-20(26)23-9-7-22(8-10-23)19(25)17-15-16(5-6-18(17)29-4)32(27,28)24-11-13-30-14-12-24/h5-6,15H,7-14H2,1-4H3. The first-order chi connectivity index (χ1) is 15.0. The zero-order valence-corrected chi connectivity index (χ0v) is 19.8. The molecule has 0 N–H and O–H groups in total. The van der Waals surface area contributed by atoms with Crippen LogP contribution < -0.4 is 4.74 Å². The van der Waals surface area contributed by atoms with E-state index < -0.39 is 21.7 Å². The van der Waals surface area contributed by atoms with Crippen LogP contribution in [-0.2, 0) is 19.5 Å². The van der Waals surface area contributed by atoms with Gasteiger partial charge in [0.15, 0.2) is 0 Å². The number of rotatable bonds is 4. The van der Waals surface area contributed by atoms with E-state index in [1.165, 1.54) is 29.6 Å². The van der Waals surface area contributed by atoms with Gasteiger partial charge in [-0.3, -0.25) is 4.79 Å². The molecular formula is C21H31N3O7S. The molecule has 0 bridgehead atoms. The van der Waals surface area contributed by atoms with Crippen LogP contribution in [0.2, 0.25) is 0 Å². The topological polar surface area (TPSA) is 106 Å². The van der Waals surface area contributed by atoms with Gasteiger partial charge < -0.3 is 24.0 Å². The summed E-state index contributed by atoms with van der Waals surface area (Å²) in [6.07, 6.45) is -0.416. The van der Waals surface area contributed by atoms with Crippen LogP contribution in [0, 0.1) is 0 Å². The quantitative estimate of drug-likeness (QED) is 0.656. The molecule has 2 saturated heterocycles. The van der Waals surface area contributed by atoms with Crippen LogP contribution in [0.5, 0.6) is 5.75 Å². The van der Waals surface area contributed by atoms with Gasteiger partial charge in [-0.05, 0) is 39.0 Å². The zero-order valence-electron chi connectivity index (χ0n) is 19.0. The molecular weight excluding hydrogens is 438 g/mol. The number of ether oxygens (including phenoxy) is 3. The van der Waals surface area contributed by atoms with Crippen LogP contribution in [0.15, 0.2) is 23.1 Å². The number of methoxy groups -OCH3 is 1. The van der Waals surface area contributed by atoms with E-state index in [0.29, 0.717) is 45.1 Å². The molecule has 11 heteroatoms. The number of sulfonamides is 1. The van der Waals surface area contributed by atoms with Gasteiger partial charge in [-0.15, -0.1) is 0 Å². The maximum absolute atomic E-state index is 13.2. The molecule has 3 rings (SSSR count). The van der Waals surface area contributed by atoms with Crippen molar-refractivity contribution < 1.29 is 32.2 Å². The molecule has 0 atom stereocenters. The fourth-order valence-electron chi connectivity index (χ4n) is 3.54. The number of benzene rings is 1. The minimum atomic E-state index is -3.75. The van der Waals surface area contributed by atoms with E-state index in [1.54, 1.807) is 30.6 Å². The minimum Gasteiger partial charge on any atom is -0.496 e. The fourth-order valence-corrected chi connectivity index (χ4v) is 4.97. The lowest BCUT2D eigenvalue weighted by molar-refractivity contribution is 0.0140. The summed E-state index contributed by atoms with van der Waals surface area (Å²) in [4.78, 5) is 28.7. The summed E-state index contributed by atoms with van der Waals surface area (Å²) in [6.45, 7) is 7.88. The predicted octanol–water partition coefficient (Wildman–Crippen LogP) is 1.41. The van der Waals surface area contributed by atoms with Crippen molar-refractivity contribution in [2.45, 2.75) is 31.3 Å².